The van der Waals surface area contributed by atoms with Gasteiger partial charge >= 0.3 is 0 Å². The monoisotopic (exact) mass is 324 g/mol. The van der Waals surface area contributed by atoms with E-state index >= 15 is 0 Å². The molecule has 0 atom stereocenters. The van der Waals surface area contributed by atoms with E-state index in [0.717, 1.165) is 45.2 Å². The fraction of sp³-hybridized carbons (Fsp3) is 0.895. The van der Waals surface area contributed by atoms with Crippen LogP contribution >= 0.6 is 0 Å². The van der Waals surface area contributed by atoms with Gasteiger partial charge in [0.25, 0.3) is 0 Å². The maximum Gasteiger partial charge on any atom is 0.222 e. The van der Waals surface area contributed by atoms with Gasteiger partial charge in [-0.1, -0.05) is 57.8 Å². The van der Waals surface area contributed by atoms with E-state index in [4.69, 9.17) is 5.73 Å². The van der Waals surface area contributed by atoms with E-state index in [1.54, 1.807) is 0 Å². The number of nitrogens with two attached hydrogens (primary N) is 1. The highest BCUT2D eigenvalue weighted by Crippen LogP contribution is 2.14. The van der Waals surface area contributed by atoms with E-state index in [-0.39, 0.29) is 5.91 Å². The van der Waals surface area contributed by atoms with E-state index in [0.29, 0.717) is 18.7 Å². The third-order valence-corrected chi connectivity index (χ3v) is 4.77. The summed E-state index contributed by atoms with van der Waals surface area (Å²) in [6.45, 7) is 1.91. The van der Waals surface area contributed by atoms with Crippen molar-refractivity contribution in [1.82, 2.24) is 4.90 Å². The van der Waals surface area contributed by atoms with Crippen LogP contribution in [0, 0.1) is 0 Å². The van der Waals surface area contributed by atoms with Crippen molar-refractivity contribution in [2.75, 3.05) is 13.1 Å². The number of nitrogens with zero attached hydrogens (tertiary/aromatic N) is 1. The summed E-state index contributed by atoms with van der Waals surface area (Å²) in [6, 6.07) is 0. The molecule has 0 unspecified atom stereocenters. The van der Waals surface area contributed by atoms with Gasteiger partial charge in [0.05, 0.1) is 0 Å². The predicted molar refractivity (Wildman–Crippen MR) is 95.0 cm³/mol. The molecule has 0 saturated carbocycles. The Labute approximate surface area is 142 Å². The van der Waals surface area contributed by atoms with Crippen LogP contribution in [0.4, 0.5) is 0 Å². The first-order chi connectivity index (χ1) is 11.2. The molecule has 0 aliphatic carbocycles. The summed E-state index contributed by atoms with van der Waals surface area (Å²) in [5, 5.41) is 0. The van der Waals surface area contributed by atoms with Crippen molar-refractivity contribution in [1.29, 1.82) is 0 Å². The van der Waals surface area contributed by atoms with Gasteiger partial charge in [0, 0.05) is 25.9 Å². The molecule has 2 N–H and O–H groups in total. The summed E-state index contributed by atoms with van der Waals surface area (Å²) in [7, 11) is 0. The van der Waals surface area contributed by atoms with Crippen LogP contribution < -0.4 is 5.73 Å². The summed E-state index contributed by atoms with van der Waals surface area (Å²) >= 11 is 0. The smallest absolute Gasteiger partial charge is 0.222 e. The highest BCUT2D eigenvalue weighted by atomic mass is 16.2. The zero-order valence-electron chi connectivity index (χ0n) is 14.9. The van der Waals surface area contributed by atoms with E-state index in [1.807, 2.05) is 0 Å². The van der Waals surface area contributed by atoms with Gasteiger partial charge < -0.3 is 10.6 Å². The Morgan fingerprint density at radius 3 is 1.61 bits per heavy atom. The van der Waals surface area contributed by atoms with Gasteiger partial charge in [-0.3, -0.25) is 9.59 Å². The lowest BCUT2D eigenvalue weighted by atomic mass is 10.1. The van der Waals surface area contributed by atoms with Crippen molar-refractivity contribution in [3.63, 3.8) is 0 Å². The van der Waals surface area contributed by atoms with Gasteiger partial charge in [-0.25, -0.2) is 0 Å². The summed E-state index contributed by atoms with van der Waals surface area (Å²) < 4.78 is 0. The molecule has 23 heavy (non-hydrogen) atoms. The molecule has 1 saturated heterocycles. The molecule has 0 radical (unpaired) electrons. The van der Waals surface area contributed by atoms with E-state index in [9.17, 15) is 9.59 Å². The molecule has 1 rings (SSSR count). The number of carbonyl (C=O) groups is 2. The fourth-order valence-corrected chi connectivity index (χ4v) is 3.29. The van der Waals surface area contributed by atoms with Crippen molar-refractivity contribution in [3.8, 4) is 0 Å². The van der Waals surface area contributed by atoms with Crippen LogP contribution in [0.2, 0.25) is 0 Å². The molecule has 1 fully saturated rings. The SMILES string of the molecule is NC(=O)CCCCCCCC(=O)N1CCCCCCCCCC1. The average molecular weight is 325 g/mol. The topological polar surface area (TPSA) is 63.4 Å². The minimum absolute atomic E-state index is 0.209. The average Bonchev–Trinajstić information content (AvgIpc) is 2.58. The molecule has 2 amide bonds. The zero-order valence-corrected chi connectivity index (χ0v) is 14.9. The molecule has 134 valence electrons. The van der Waals surface area contributed by atoms with Crippen LogP contribution in [-0.2, 0) is 9.59 Å². The number of rotatable bonds is 8. The summed E-state index contributed by atoms with van der Waals surface area (Å²) in [5.41, 5.74) is 5.12. The van der Waals surface area contributed by atoms with Crippen LogP contribution in [0.3, 0.4) is 0 Å². The second-order valence-corrected chi connectivity index (χ2v) is 6.94. The molecule has 4 nitrogen and oxygen atoms in total. The minimum Gasteiger partial charge on any atom is -0.370 e. The maximum atomic E-state index is 12.4. The first kappa shape index (κ1) is 20.0. The van der Waals surface area contributed by atoms with Gasteiger partial charge in [0.2, 0.25) is 11.8 Å². The van der Waals surface area contributed by atoms with Crippen molar-refractivity contribution in [2.24, 2.45) is 5.73 Å². The molecule has 0 aromatic rings. The Morgan fingerprint density at radius 2 is 1.09 bits per heavy atom. The first-order valence-corrected chi connectivity index (χ1v) is 9.76. The van der Waals surface area contributed by atoms with Crippen molar-refractivity contribution < 1.29 is 9.59 Å². The van der Waals surface area contributed by atoms with Crippen molar-refractivity contribution in [2.45, 2.75) is 96.3 Å². The fourth-order valence-electron chi connectivity index (χ4n) is 3.29. The number of carbonyl (C=O) groups excluding carboxylic acids is 2. The number of hydrogen-bond acceptors (Lipinski definition) is 2. The molecule has 0 spiro atoms. The number of unbranched alkanes of at least 4 members (excludes halogenated alkanes) is 4. The Hall–Kier alpha value is -1.06. The maximum absolute atomic E-state index is 12.4. The van der Waals surface area contributed by atoms with Gasteiger partial charge in [0.15, 0.2) is 0 Å². The van der Waals surface area contributed by atoms with Crippen molar-refractivity contribution in [3.05, 3.63) is 0 Å². The Balaban J connectivity index is 2.13. The normalized spacial score (nSPS) is 17.5. The Bertz CT molecular complexity index is 319. The molecule has 4 heteroatoms. The lowest BCUT2D eigenvalue weighted by Gasteiger charge is -2.22. The quantitative estimate of drug-likeness (QED) is 0.681. The summed E-state index contributed by atoms with van der Waals surface area (Å²) in [4.78, 5) is 25.1. The van der Waals surface area contributed by atoms with Crippen LogP contribution in [0.15, 0.2) is 0 Å². The molecule has 1 aliphatic heterocycles. The number of primary amides is 1. The van der Waals surface area contributed by atoms with Crippen LogP contribution in [0.5, 0.6) is 0 Å². The number of hydrogen-bond donors (Lipinski definition) is 1. The molecule has 1 heterocycles. The van der Waals surface area contributed by atoms with Crippen molar-refractivity contribution >= 4 is 11.8 Å². The van der Waals surface area contributed by atoms with E-state index in [2.05, 4.69) is 4.90 Å². The molecule has 0 bridgehead atoms. The van der Waals surface area contributed by atoms with Gasteiger partial charge in [0.1, 0.15) is 0 Å². The highest BCUT2D eigenvalue weighted by Gasteiger charge is 2.13. The van der Waals surface area contributed by atoms with E-state index in [1.165, 1.54) is 51.4 Å². The molecular weight excluding hydrogens is 288 g/mol. The molecule has 0 aromatic heterocycles. The second kappa shape index (κ2) is 13.4. The minimum atomic E-state index is -0.209. The van der Waals surface area contributed by atoms with E-state index < -0.39 is 0 Å². The predicted octanol–water partition coefficient (Wildman–Crippen LogP) is 4.17. The first-order valence-electron chi connectivity index (χ1n) is 9.76. The Kier molecular flexibility index (Phi) is 11.6. The van der Waals surface area contributed by atoms with Gasteiger partial charge in [-0.2, -0.15) is 0 Å². The summed E-state index contributed by atoms with van der Waals surface area (Å²) in [6.07, 6.45) is 16.5. The van der Waals surface area contributed by atoms with Crippen LogP contribution in [-0.4, -0.2) is 29.8 Å². The van der Waals surface area contributed by atoms with Crippen LogP contribution in [0.1, 0.15) is 96.3 Å². The lowest BCUT2D eigenvalue weighted by Crippen LogP contribution is -2.32. The Morgan fingerprint density at radius 1 is 0.652 bits per heavy atom. The number of amides is 2. The zero-order chi connectivity index (χ0) is 16.8. The molecule has 1 aliphatic rings. The highest BCUT2D eigenvalue weighted by molar-refractivity contribution is 5.76. The summed E-state index contributed by atoms with van der Waals surface area (Å²) in [5.74, 6) is 0.140. The standard InChI is InChI=1S/C19H36N2O2/c20-18(22)14-10-6-5-7-11-15-19(23)21-16-12-8-3-1-2-4-9-13-17-21/h1-17H2,(H2,20,22). The lowest BCUT2D eigenvalue weighted by molar-refractivity contribution is -0.131. The largest absolute Gasteiger partial charge is 0.370 e. The molecular formula is C19H36N2O2. The van der Waals surface area contributed by atoms with Gasteiger partial charge in [-0.15, -0.1) is 0 Å². The molecule has 0 aromatic carbocycles. The van der Waals surface area contributed by atoms with Gasteiger partial charge in [-0.05, 0) is 25.7 Å². The second-order valence-electron chi connectivity index (χ2n) is 6.94. The van der Waals surface area contributed by atoms with Crippen LogP contribution in [0.25, 0.3) is 0 Å². The third kappa shape index (κ3) is 11.2. The third-order valence-electron chi connectivity index (χ3n) is 4.77.